The molecule has 0 unspecified atom stereocenters. The average Bonchev–Trinajstić information content (AvgIpc) is 3.28. The van der Waals surface area contributed by atoms with Crippen molar-refractivity contribution in [1.29, 1.82) is 0 Å². The molecular formula is C17H13N3OS2. The van der Waals surface area contributed by atoms with Crippen molar-refractivity contribution in [2.45, 2.75) is 6.54 Å². The Balaban J connectivity index is 1.53. The number of rotatable bonds is 4. The van der Waals surface area contributed by atoms with Crippen LogP contribution in [0.5, 0.6) is 0 Å². The number of carbonyl (C=O) groups excluding carboxylic acids is 1. The number of aromatic amines is 1. The molecule has 0 spiro atoms. The van der Waals surface area contributed by atoms with E-state index in [2.05, 4.69) is 38.2 Å². The molecule has 4 nitrogen and oxygen atoms in total. The number of aromatic nitrogens is 2. The molecule has 0 atom stereocenters. The predicted molar refractivity (Wildman–Crippen MR) is 94.9 cm³/mol. The highest BCUT2D eigenvalue weighted by Gasteiger charge is 2.12. The number of H-pyrrole nitrogens is 1. The van der Waals surface area contributed by atoms with Crippen LogP contribution >= 0.6 is 22.7 Å². The van der Waals surface area contributed by atoms with Crippen LogP contribution in [0.15, 0.2) is 52.7 Å². The molecule has 0 saturated carbocycles. The van der Waals surface area contributed by atoms with Gasteiger partial charge in [0.15, 0.2) is 0 Å². The van der Waals surface area contributed by atoms with Crippen LogP contribution in [0.2, 0.25) is 0 Å². The fourth-order valence-electron chi connectivity index (χ4n) is 2.51. The summed E-state index contributed by atoms with van der Waals surface area (Å²) in [5.74, 6) is -0.115. The maximum absolute atomic E-state index is 12.3. The molecule has 1 aromatic carbocycles. The summed E-state index contributed by atoms with van der Waals surface area (Å²) in [5.41, 5.74) is 6.52. The van der Waals surface area contributed by atoms with E-state index in [1.807, 2.05) is 24.3 Å². The third kappa shape index (κ3) is 2.78. The van der Waals surface area contributed by atoms with Crippen molar-refractivity contribution in [2.24, 2.45) is 0 Å². The molecule has 114 valence electrons. The SMILES string of the molecule is O=C(NCc1ccccc1-c1ccsc1)c1cc2scnc2[nH]1. The maximum atomic E-state index is 12.3. The van der Waals surface area contributed by atoms with Crippen LogP contribution in [0.3, 0.4) is 0 Å². The van der Waals surface area contributed by atoms with E-state index in [0.29, 0.717) is 12.2 Å². The van der Waals surface area contributed by atoms with Crippen molar-refractivity contribution in [2.75, 3.05) is 0 Å². The molecular weight excluding hydrogens is 326 g/mol. The number of thiazole rings is 1. The normalized spacial score (nSPS) is 11.0. The molecule has 6 heteroatoms. The Hall–Kier alpha value is -2.44. The monoisotopic (exact) mass is 339 g/mol. The zero-order chi connectivity index (χ0) is 15.6. The van der Waals surface area contributed by atoms with Crippen LogP contribution in [0.1, 0.15) is 16.1 Å². The van der Waals surface area contributed by atoms with Crippen LogP contribution in [0, 0.1) is 0 Å². The zero-order valence-corrected chi connectivity index (χ0v) is 13.7. The number of thiophene rings is 1. The number of nitrogens with one attached hydrogen (secondary N) is 2. The van der Waals surface area contributed by atoms with Gasteiger partial charge in [-0.3, -0.25) is 4.79 Å². The summed E-state index contributed by atoms with van der Waals surface area (Å²) >= 11 is 3.19. The summed E-state index contributed by atoms with van der Waals surface area (Å²) < 4.78 is 0.994. The third-order valence-electron chi connectivity index (χ3n) is 3.66. The number of carbonyl (C=O) groups is 1. The van der Waals surface area contributed by atoms with Gasteiger partial charge < -0.3 is 10.3 Å². The molecule has 0 aliphatic heterocycles. The van der Waals surface area contributed by atoms with Crippen LogP contribution in [0.4, 0.5) is 0 Å². The highest BCUT2D eigenvalue weighted by atomic mass is 32.1. The summed E-state index contributed by atoms with van der Waals surface area (Å²) in [6, 6.07) is 12.1. The molecule has 0 bridgehead atoms. The molecule has 0 aliphatic carbocycles. The first-order valence-corrected chi connectivity index (χ1v) is 8.94. The standard InChI is InChI=1S/C17H13N3OS2/c21-17(14-7-15-16(20-14)19-10-23-15)18-8-11-3-1-2-4-13(11)12-5-6-22-9-12/h1-7,9-10,20H,8H2,(H,18,21). The molecule has 23 heavy (non-hydrogen) atoms. The molecule has 4 aromatic rings. The van der Waals surface area contributed by atoms with Gasteiger partial charge in [-0.15, -0.1) is 11.3 Å². The minimum absolute atomic E-state index is 0.115. The lowest BCUT2D eigenvalue weighted by atomic mass is 10.0. The van der Waals surface area contributed by atoms with Crippen molar-refractivity contribution in [3.05, 3.63) is 63.9 Å². The molecule has 3 heterocycles. The van der Waals surface area contributed by atoms with Crippen LogP contribution < -0.4 is 5.32 Å². The van der Waals surface area contributed by atoms with Gasteiger partial charge in [-0.2, -0.15) is 11.3 Å². The Morgan fingerprint density at radius 2 is 2.17 bits per heavy atom. The van der Waals surface area contributed by atoms with Gasteiger partial charge in [0, 0.05) is 6.54 Å². The first-order valence-electron chi connectivity index (χ1n) is 7.12. The van der Waals surface area contributed by atoms with E-state index in [1.54, 1.807) is 16.8 Å². The first-order chi connectivity index (χ1) is 11.3. The topological polar surface area (TPSA) is 57.8 Å². The minimum Gasteiger partial charge on any atom is -0.347 e. The Bertz CT molecular complexity index is 925. The lowest BCUT2D eigenvalue weighted by Gasteiger charge is -2.09. The zero-order valence-electron chi connectivity index (χ0n) is 12.1. The molecule has 1 amide bonds. The van der Waals surface area contributed by atoms with Gasteiger partial charge in [0.05, 0.1) is 10.2 Å². The van der Waals surface area contributed by atoms with Crippen molar-refractivity contribution in [3.8, 4) is 11.1 Å². The van der Waals surface area contributed by atoms with Gasteiger partial charge in [0.1, 0.15) is 11.3 Å². The van der Waals surface area contributed by atoms with E-state index in [-0.39, 0.29) is 5.91 Å². The van der Waals surface area contributed by atoms with E-state index in [1.165, 1.54) is 16.9 Å². The fourth-order valence-corrected chi connectivity index (χ4v) is 3.84. The van der Waals surface area contributed by atoms with E-state index >= 15 is 0 Å². The highest BCUT2D eigenvalue weighted by Crippen LogP contribution is 2.26. The van der Waals surface area contributed by atoms with Gasteiger partial charge in [-0.25, -0.2) is 4.98 Å². The van der Waals surface area contributed by atoms with Gasteiger partial charge >= 0.3 is 0 Å². The molecule has 3 aromatic heterocycles. The van der Waals surface area contributed by atoms with E-state index < -0.39 is 0 Å². The lowest BCUT2D eigenvalue weighted by molar-refractivity contribution is 0.0947. The predicted octanol–water partition coefficient (Wildman–Crippen LogP) is 4.28. The summed E-state index contributed by atoms with van der Waals surface area (Å²) in [5, 5.41) is 7.15. The minimum atomic E-state index is -0.115. The molecule has 0 aliphatic rings. The molecule has 0 fully saturated rings. The highest BCUT2D eigenvalue weighted by molar-refractivity contribution is 7.16. The number of hydrogen-bond acceptors (Lipinski definition) is 4. The Labute approximate surface area is 140 Å². The van der Waals surface area contributed by atoms with Gasteiger partial charge in [0.2, 0.25) is 0 Å². The number of benzene rings is 1. The second-order valence-electron chi connectivity index (χ2n) is 5.10. The third-order valence-corrected chi connectivity index (χ3v) is 5.12. The number of amides is 1. The van der Waals surface area contributed by atoms with E-state index in [0.717, 1.165) is 21.5 Å². The quantitative estimate of drug-likeness (QED) is 0.583. The second kappa shape index (κ2) is 5.98. The van der Waals surface area contributed by atoms with Crippen molar-refractivity contribution >= 4 is 38.9 Å². The summed E-state index contributed by atoms with van der Waals surface area (Å²) in [6.07, 6.45) is 0. The molecule has 0 saturated heterocycles. The summed E-state index contributed by atoms with van der Waals surface area (Å²) in [6.45, 7) is 0.491. The lowest BCUT2D eigenvalue weighted by Crippen LogP contribution is -2.23. The number of hydrogen-bond donors (Lipinski definition) is 2. The average molecular weight is 339 g/mol. The fraction of sp³-hybridized carbons (Fsp3) is 0.0588. The molecule has 4 rings (SSSR count). The van der Waals surface area contributed by atoms with Crippen LogP contribution in [-0.4, -0.2) is 15.9 Å². The summed E-state index contributed by atoms with van der Waals surface area (Å²) in [7, 11) is 0. The first kappa shape index (κ1) is 14.2. The summed E-state index contributed by atoms with van der Waals surface area (Å²) in [4.78, 5) is 19.5. The Morgan fingerprint density at radius 3 is 3.00 bits per heavy atom. The van der Waals surface area contributed by atoms with Crippen LogP contribution in [-0.2, 0) is 6.54 Å². The smallest absolute Gasteiger partial charge is 0.268 e. The number of nitrogens with zero attached hydrogens (tertiary/aromatic N) is 1. The Morgan fingerprint density at radius 1 is 1.26 bits per heavy atom. The second-order valence-corrected chi connectivity index (χ2v) is 6.77. The molecule has 0 radical (unpaired) electrons. The number of fused-ring (bicyclic) bond motifs is 1. The van der Waals surface area contributed by atoms with Gasteiger partial charge in [-0.1, -0.05) is 24.3 Å². The van der Waals surface area contributed by atoms with Crippen molar-refractivity contribution < 1.29 is 4.79 Å². The van der Waals surface area contributed by atoms with Gasteiger partial charge in [-0.05, 0) is 39.6 Å². The Kier molecular flexibility index (Phi) is 3.69. The van der Waals surface area contributed by atoms with E-state index in [9.17, 15) is 4.79 Å². The van der Waals surface area contributed by atoms with Crippen molar-refractivity contribution in [3.63, 3.8) is 0 Å². The van der Waals surface area contributed by atoms with E-state index in [4.69, 9.17) is 0 Å². The van der Waals surface area contributed by atoms with Crippen molar-refractivity contribution in [1.82, 2.24) is 15.3 Å². The molecule has 2 N–H and O–H groups in total. The maximum Gasteiger partial charge on any atom is 0.268 e. The van der Waals surface area contributed by atoms with Gasteiger partial charge in [0.25, 0.3) is 5.91 Å². The largest absolute Gasteiger partial charge is 0.347 e. The van der Waals surface area contributed by atoms with Crippen LogP contribution in [0.25, 0.3) is 21.5 Å².